The summed E-state index contributed by atoms with van der Waals surface area (Å²) in [4.78, 5) is 17.9. The number of ether oxygens (including phenoxy) is 1. The van der Waals surface area contributed by atoms with Gasteiger partial charge in [0.1, 0.15) is 0 Å². The number of aromatic amines is 1. The van der Waals surface area contributed by atoms with Crippen LogP contribution in [-0.4, -0.2) is 28.8 Å². The Labute approximate surface area is 80.1 Å². The molecule has 0 spiro atoms. The van der Waals surface area contributed by atoms with Gasteiger partial charge in [-0.15, -0.1) is 0 Å². The molecule has 0 aliphatic carbocycles. The molecular weight excluding hydrogens is 190 g/mol. The number of thioether (sulfide) groups is 1. The van der Waals surface area contributed by atoms with Crippen LogP contribution < -0.4 is 5.73 Å². The molecule has 0 saturated heterocycles. The van der Waals surface area contributed by atoms with Crippen molar-refractivity contribution < 1.29 is 9.53 Å². The average molecular weight is 201 g/mol. The molecule has 0 aliphatic heterocycles. The lowest BCUT2D eigenvalue weighted by molar-refractivity contribution is 0.0521. The van der Waals surface area contributed by atoms with Crippen LogP contribution in [-0.2, 0) is 4.74 Å². The maximum absolute atomic E-state index is 11.2. The Bertz CT molecular complexity index is 311. The molecule has 6 heteroatoms. The fourth-order valence-corrected chi connectivity index (χ4v) is 1.21. The molecule has 13 heavy (non-hydrogen) atoms. The van der Waals surface area contributed by atoms with Crippen molar-refractivity contribution in [3.05, 3.63) is 5.69 Å². The zero-order valence-electron chi connectivity index (χ0n) is 7.46. The van der Waals surface area contributed by atoms with Crippen LogP contribution in [0.3, 0.4) is 0 Å². The molecule has 1 heterocycles. The van der Waals surface area contributed by atoms with E-state index in [1.54, 1.807) is 6.92 Å². The molecule has 0 aromatic carbocycles. The lowest BCUT2D eigenvalue weighted by Gasteiger charge is -1.97. The van der Waals surface area contributed by atoms with E-state index in [4.69, 9.17) is 10.5 Å². The standard InChI is InChI=1S/C7H11N3O2S/c1-3-12-6(11)4-5(8)10-7(9-4)13-2/h3,8H2,1-2H3,(H,9,10). The van der Waals surface area contributed by atoms with Gasteiger partial charge in [0, 0.05) is 0 Å². The van der Waals surface area contributed by atoms with Gasteiger partial charge in [0.25, 0.3) is 0 Å². The van der Waals surface area contributed by atoms with E-state index in [0.717, 1.165) is 0 Å². The minimum atomic E-state index is -0.465. The summed E-state index contributed by atoms with van der Waals surface area (Å²) in [7, 11) is 0. The van der Waals surface area contributed by atoms with E-state index in [1.165, 1.54) is 11.8 Å². The highest BCUT2D eigenvalue weighted by molar-refractivity contribution is 7.98. The fraction of sp³-hybridized carbons (Fsp3) is 0.429. The molecule has 3 N–H and O–H groups in total. The van der Waals surface area contributed by atoms with Gasteiger partial charge in [-0.25, -0.2) is 9.78 Å². The number of carbonyl (C=O) groups is 1. The van der Waals surface area contributed by atoms with E-state index < -0.39 is 5.97 Å². The van der Waals surface area contributed by atoms with Gasteiger partial charge in [-0.2, -0.15) is 0 Å². The predicted octanol–water partition coefficient (Wildman–Crippen LogP) is 0.891. The summed E-state index contributed by atoms with van der Waals surface area (Å²) in [6.45, 7) is 2.06. The van der Waals surface area contributed by atoms with E-state index in [0.29, 0.717) is 11.8 Å². The molecule has 0 aliphatic rings. The normalized spacial score (nSPS) is 10.0. The van der Waals surface area contributed by atoms with Crippen LogP contribution in [0.2, 0.25) is 0 Å². The fourth-order valence-electron chi connectivity index (χ4n) is 0.820. The van der Waals surface area contributed by atoms with Crippen molar-refractivity contribution >= 4 is 23.5 Å². The van der Waals surface area contributed by atoms with E-state index in [2.05, 4.69) is 9.97 Å². The van der Waals surface area contributed by atoms with Crippen LogP contribution in [0, 0.1) is 0 Å². The number of nitrogen functional groups attached to an aromatic ring is 1. The third-order valence-corrected chi connectivity index (χ3v) is 1.96. The van der Waals surface area contributed by atoms with Crippen LogP contribution in [0.4, 0.5) is 5.82 Å². The molecule has 0 saturated carbocycles. The lowest BCUT2D eigenvalue weighted by atomic mass is 10.4. The summed E-state index contributed by atoms with van der Waals surface area (Å²) < 4.78 is 4.77. The topological polar surface area (TPSA) is 81.0 Å². The highest BCUT2D eigenvalue weighted by Gasteiger charge is 2.15. The van der Waals surface area contributed by atoms with Crippen LogP contribution >= 0.6 is 11.8 Å². The molecule has 0 unspecified atom stereocenters. The number of nitrogens with one attached hydrogen (secondary N) is 1. The number of aromatic nitrogens is 2. The van der Waals surface area contributed by atoms with E-state index in [-0.39, 0.29) is 11.5 Å². The summed E-state index contributed by atoms with van der Waals surface area (Å²) in [6, 6.07) is 0. The molecule has 5 nitrogen and oxygen atoms in total. The number of hydrogen-bond donors (Lipinski definition) is 2. The van der Waals surface area contributed by atoms with Crippen molar-refractivity contribution in [2.75, 3.05) is 18.6 Å². The van der Waals surface area contributed by atoms with E-state index in [1.807, 2.05) is 6.26 Å². The second kappa shape index (κ2) is 4.18. The predicted molar refractivity (Wildman–Crippen MR) is 50.7 cm³/mol. The molecule has 0 radical (unpaired) electrons. The van der Waals surface area contributed by atoms with Crippen LogP contribution in [0.1, 0.15) is 17.4 Å². The number of anilines is 1. The van der Waals surface area contributed by atoms with E-state index in [9.17, 15) is 4.79 Å². The molecule has 0 fully saturated rings. The highest BCUT2D eigenvalue weighted by atomic mass is 32.2. The third kappa shape index (κ3) is 2.15. The van der Waals surface area contributed by atoms with Gasteiger partial charge in [-0.05, 0) is 13.2 Å². The Kier molecular flexibility index (Phi) is 3.18. The number of rotatable bonds is 3. The monoisotopic (exact) mass is 201 g/mol. The van der Waals surface area contributed by atoms with Gasteiger partial charge >= 0.3 is 5.97 Å². The Morgan fingerprint density at radius 2 is 2.46 bits per heavy atom. The minimum absolute atomic E-state index is 0.183. The number of esters is 1. The zero-order chi connectivity index (χ0) is 9.84. The number of imidazole rings is 1. The average Bonchev–Trinajstić information content (AvgIpc) is 2.47. The number of nitrogens with two attached hydrogens (primary N) is 1. The van der Waals surface area contributed by atoms with Crippen LogP contribution in [0.25, 0.3) is 0 Å². The van der Waals surface area contributed by atoms with Gasteiger partial charge in [0.05, 0.1) is 6.61 Å². The van der Waals surface area contributed by atoms with Crippen molar-refractivity contribution in [3.8, 4) is 0 Å². The van der Waals surface area contributed by atoms with Crippen molar-refractivity contribution in [1.29, 1.82) is 0 Å². The second-order valence-corrected chi connectivity index (χ2v) is 3.02. The Morgan fingerprint density at radius 1 is 1.77 bits per heavy atom. The summed E-state index contributed by atoms with van der Waals surface area (Å²) in [6.07, 6.45) is 1.84. The molecule has 72 valence electrons. The van der Waals surface area contributed by atoms with Crippen molar-refractivity contribution in [1.82, 2.24) is 9.97 Å². The third-order valence-electron chi connectivity index (χ3n) is 1.38. The smallest absolute Gasteiger partial charge is 0.358 e. The van der Waals surface area contributed by atoms with Gasteiger partial charge in [-0.3, -0.25) is 0 Å². The molecule has 0 bridgehead atoms. The highest BCUT2D eigenvalue weighted by Crippen LogP contribution is 2.16. The van der Waals surface area contributed by atoms with Gasteiger partial charge in [0.2, 0.25) is 0 Å². The number of nitrogens with zero attached hydrogens (tertiary/aromatic N) is 1. The number of H-pyrrole nitrogens is 1. The molecule has 1 rings (SSSR count). The first-order chi connectivity index (χ1) is 6.19. The molecule has 1 aromatic heterocycles. The largest absolute Gasteiger partial charge is 0.461 e. The minimum Gasteiger partial charge on any atom is -0.461 e. The first kappa shape index (κ1) is 9.91. The van der Waals surface area contributed by atoms with Gasteiger partial charge in [-0.1, -0.05) is 11.8 Å². The van der Waals surface area contributed by atoms with Crippen LogP contribution in [0.15, 0.2) is 5.16 Å². The molecule has 1 aromatic rings. The van der Waals surface area contributed by atoms with Crippen molar-refractivity contribution in [3.63, 3.8) is 0 Å². The Morgan fingerprint density at radius 3 is 2.92 bits per heavy atom. The zero-order valence-corrected chi connectivity index (χ0v) is 8.27. The maximum Gasteiger partial charge on any atom is 0.358 e. The van der Waals surface area contributed by atoms with Crippen LogP contribution in [0.5, 0.6) is 0 Å². The summed E-state index contributed by atoms with van der Waals surface area (Å²) in [5.41, 5.74) is 5.72. The maximum atomic E-state index is 11.2. The van der Waals surface area contributed by atoms with Gasteiger partial charge < -0.3 is 15.5 Å². The van der Waals surface area contributed by atoms with Crippen molar-refractivity contribution in [2.24, 2.45) is 0 Å². The SMILES string of the molecule is CCOC(=O)c1[nH]c(SC)nc1N. The number of carbonyl (C=O) groups excluding carboxylic acids is 1. The molecule has 0 atom stereocenters. The Balaban J connectivity index is 2.87. The summed E-state index contributed by atoms with van der Waals surface area (Å²) in [5, 5.41) is 0.612. The molecular formula is C7H11N3O2S. The first-order valence-corrected chi connectivity index (χ1v) is 4.98. The van der Waals surface area contributed by atoms with Gasteiger partial charge in [0.15, 0.2) is 16.7 Å². The molecule has 0 amide bonds. The summed E-state index contributed by atoms with van der Waals surface area (Å²) >= 11 is 1.38. The summed E-state index contributed by atoms with van der Waals surface area (Å²) in [5.74, 6) is -0.282. The number of hydrogen-bond acceptors (Lipinski definition) is 5. The van der Waals surface area contributed by atoms with Crippen molar-refractivity contribution in [2.45, 2.75) is 12.1 Å². The first-order valence-electron chi connectivity index (χ1n) is 3.75. The van der Waals surface area contributed by atoms with E-state index >= 15 is 0 Å². The lowest BCUT2D eigenvalue weighted by Crippen LogP contribution is -2.07. The Hall–Kier alpha value is -1.17. The quantitative estimate of drug-likeness (QED) is 0.560. The second-order valence-electron chi connectivity index (χ2n) is 2.23.